The van der Waals surface area contributed by atoms with E-state index in [4.69, 9.17) is 0 Å². The molecule has 2 atom stereocenters. The predicted octanol–water partition coefficient (Wildman–Crippen LogP) is 3.02. The lowest BCUT2D eigenvalue weighted by Gasteiger charge is -2.29. The van der Waals surface area contributed by atoms with Crippen LogP contribution in [0, 0.1) is 5.82 Å². The number of likely N-dealkylation sites (N-methyl/N-ethyl adjacent to an activating group) is 1. The highest BCUT2D eigenvalue weighted by Gasteiger charge is 2.26. The van der Waals surface area contributed by atoms with Crippen LogP contribution in [0.5, 0.6) is 0 Å². The molecule has 1 N–H and O–H groups in total. The first kappa shape index (κ1) is 15.2. The summed E-state index contributed by atoms with van der Waals surface area (Å²) in [7, 11) is 1.56. The van der Waals surface area contributed by atoms with Gasteiger partial charge in [-0.25, -0.2) is 4.39 Å². The summed E-state index contributed by atoms with van der Waals surface area (Å²) in [4.78, 5) is 13.7. The van der Waals surface area contributed by atoms with E-state index in [-0.39, 0.29) is 5.56 Å². The molecule has 1 amide bonds. The minimum absolute atomic E-state index is 0.00658. The van der Waals surface area contributed by atoms with Crippen molar-refractivity contribution in [3.63, 3.8) is 0 Å². The third-order valence-electron chi connectivity index (χ3n) is 3.63. The Balaban J connectivity index is 2.18. The normalized spacial score (nSPS) is 13.5. The van der Waals surface area contributed by atoms with Crippen molar-refractivity contribution in [3.8, 4) is 0 Å². The molecule has 110 valence electrons. The summed E-state index contributed by atoms with van der Waals surface area (Å²) in [6.07, 6.45) is -0.827. The Morgan fingerprint density at radius 2 is 1.67 bits per heavy atom. The minimum atomic E-state index is -0.827. The SMILES string of the molecule is CC(C(O)c1ccccc1)N(C)C(=O)c1ccccc1F. The number of nitrogens with zero attached hydrogens (tertiary/aromatic N) is 1. The number of benzene rings is 2. The molecule has 4 heteroatoms. The zero-order chi connectivity index (χ0) is 15.4. The molecule has 0 aliphatic rings. The Hall–Kier alpha value is -2.20. The minimum Gasteiger partial charge on any atom is -0.386 e. The lowest BCUT2D eigenvalue weighted by molar-refractivity contribution is 0.0483. The molecule has 3 nitrogen and oxygen atoms in total. The maximum atomic E-state index is 13.7. The fourth-order valence-electron chi connectivity index (χ4n) is 2.15. The number of hydrogen-bond donors (Lipinski definition) is 1. The monoisotopic (exact) mass is 287 g/mol. The van der Waals surface area contributed by atoms with Crippen molar-refractivity contribution in [1.82, 2.24) is 4.90 Å². The molecule has 2 aromatic rings. The number of hydrogen-bond acceptors (Lipinski definition) is 2. The molecule has 0 aliphatic carbocycles. The van der Waals surface area contributed by atoms with Crippen LogP contribution in [0.15, 0.2) is 54.6 Å². The second-order valence-electron chi connectivity index (χ2n) is 4.99. The lowest BCUT2D eigenvalue weighted by Crippen LogP contribution is -2.39. The standard InChI is InChI=1S/C17H18FNO2/c1-12(16(20)13-8-4-3-5-9-13)19(2)17(21)14-10-6-7-11-15(14)18/h3-12,16,20H,1-2H3. The summed E-state index contributed by atoms with van der Waals surface area (Å²) in [5, 5.41) is 10.3. The molecule has 0 bridgehead atoms. The Morgan fingerprint density at radius 3 is 2.29 bits per heavy atom. The molecule has 2 rings (SSSR count). The fraction of sp³-hybridized carbons (Fsp3) is 0.235. The van der Waals surface area contributed by atoms with E-state index in [1.54, 1.807) is 32.2 Å². The van der Waals surface area contributed by atoms with E-state index in [9.17, 15) is 14.3 Å². The van der Waals surface area contributed by atoms with E-state index in [0.29, 0.717) is 0 Å². The summed E-state index contributed by atoms with van der Waals surface area (Å²) in [5.41, 5.74) is 0.727. The number of carbonyl (C=O) groups is 1. The zero-order valence-electron chi connectivity index (χ0n) is 12.0. The molecule has 0 aliphatic heterocycles. The quantitative estimate of drug-likeness (QED) is 0.939. The van der Waals surface area contributed by atoms with Crippen molar-refractivity contribution in [3.05, 3.63) is 71.5 Å². The van der Waals surface area contributed by atoms with Gasteiger partial charge in [0.05, 0.1) is 17.7 Å². The average Bonchev–Trinajstić information content (AvgIpc) is 2.53. The Kier molecular flexibility index (Phi) is 4.70. The van der Waals surface area contributed by atoms with E-state index in [0.717, 1.165) is 5.56 Å². The van der Waals surface area contributed by atoms with Gasteiger partial charge in [-0.15, -0.1) is 0 Å². The third-order valence-corrected chi connectivity index (χ3v) is 3.63. The zero-order valence-corrected chi connectivity index (χ0v) is 12.0. The molecule has 21 heavy (non-hydrogen) atoms. The van der Waals surface area contributed by atoms with Gasteiger partial charge in [0, 0.05) is 7.05 Å². The number of rotatable bonds is 4. The van der Waals surface area contributed by atoms with Crippen LogP contribution >= 0.6 is 0 Å². The van der Waals surface area contributed by atoms with Crippen molar-refractivity contribution in [2.45, 2.75) is 19.1 Å². The van der Waals surface area contributed by atoms with Gasteiger partial charge in [0.2, 0.25) is 0 Å². The van der Waals surface area contributed by atoms with Crippen molar-refractivity contribution >= 4 is 5.91 Å². The molecule has 0 saturated heterocycles. The summed E-state index contributed by atoms with van der Waals surface area (Å²) in [6.45, 7) is 1.73. The molecule has 0 radical (unpaired) electrons. The number of halogens is 1. The van der Waals surface area contributed by atoms with Crippen LogP contribution in [-0.2, 0) is 0 Å². The van der Waals surface area contributed by atoms with E-state index < -0.39 is 23.9 Å². The maximum Gasteiger partial charge on any atom is 0.256 e. The molecule has 0 aromatic heterocycles. The first-order valence-electron chi connectivity index (χ1n) is 6.77. The van der Waals surface area contributed by atoms with E-state index in [1.807, 2.05) is 18.2 Å². The van der Waals surface area contributed by atoms with Gasteiger partial charge in [0.25, 0.3) is 5.91 Å². The van der Waals surface area contributed by atoms with Gasteiger partial charge in [-0.05, 0) is 24.6 Å². The Morgan fingerprint density at radius 1 is 1.10 bits per heavy atom. The van der Waals surface area contributed by atoms with E-state index >= 15 is 0 Å². The van der Waals surface area contributed by atoms with Gasteiger partial charge < -0.3 is 10.0 Å². The largest absolute Gasteiger partial charge is 0.386 e. The first-order chi connectivity index (χ1) is 10.0. The molecular formula is C17H18FNO2. The van der Waals surface area contributed by atoms with Crippen LogP contribution in [0.4, 0.5) is 4.39 Å². The van der Waals surface area contributed by atoms with Gasteiger partial charge in [-0.1, -0.05) is 42.5 Å². The van der Waals surface area contributed by atoms with Crippen LogP contribution in [-0.4, -0.2) is 29.0 Å². The number of aliphatic hydroxyl groups excluding tert-OH is 1. The second kappa shape index (κ2) is 6.50. The molecule has 2 aromatic carbocycles. The molecule has 2 unspecified atom stereocenters. The molecular weight excluding hydrogens is 269 g/mol. The van der Waals surface area contributed by atoms with Crippen molar-refractivity contribution in [1.29, 1.82) is 0 Å². The van der Waals surface area contributed by atoms with Crippen LogP contribution < -0.4 is 0 Å². The Bertz CT molecular complexity index is 615. The van der Waals surface area contributed by atoms with Gasteiger partial charge in [-0.3, -0.25) is 4.79 Å². The Labute approximate surface area is 123 Å². The van der Waals surface area contributed by atoms with Gasteiger partial charge in [0.15, 0.2) is 0 Å². The van der Waals surface area contributed by atoms with E-state index in [2.05, 4.69) is 0 Å². The molecule has 0 fully saturated rings. The molecule has 0 heterocycles. The highest BCUT2D eigenvalue weighted by atomic mass is 19.1. The average molecular weight is 287 g/mol. The van der Waals surface area contributed by atoms with Crippen molar-refractivity contribution < 1.29 is 14.3 Å². The number of carbonyl (C=O) groups excluding carboxylic acids is 1. The highest BCUT2D eigenvalue weighted by molar-refractivity contribution is 5.94. The van der Waals surface area contributed by atoms with Crippen LogP contribution in [0.1, 0.15) is 28.9 Å². The summed E-state index contributed by atoms with van der Waals surface area (Å²) in [6, 6.07) is 14.5. The van der Waals surface area contributed by atoms with Crippen molar-refractivity contribution in [2.24, 2.45) is 0 Å². The molecule has 0 saturated carbocycles. The van der Waals surface area contributed by atoms with Crippen LogP contribution in [0.25, 0.3) is 0 Å². The smallest absolute Gasteiger partial charge is 0.256 e. The topological polar surface area (TPSA) is 40.5 Å². The number of amides is 1. The fourth-order valence-corrected chi connectivity index (χ4v) is 2.15. The maximum absolute atomic E-state index is 13.7. The summed E-state index contributed by atoms with van der Waals surface area (Å²) in [5.74, 6) is -1.01. The third kappa shape index (κ3) is 3.28. The predicted molar refractivity (Wildman–Crippen MR) is 79.4 cm³/mol. The van der Waals surface area contributed by atoms with Gasteiger partial charge >= 0.3 is 0 Å². The summed E-state index contributed by atoms with van der Waals surface area (Å²) < 4.78 is 13.7. The highest BCUT2D eigenvalue weighted by Crippen LogP contribution is 2.21. The first-order valence-corrected chi connectivity index (χ1v) is 6.77. The van der Waals surface area contributed by atoms with Gasteiger partial charge in [0.1, 0.15) is 5.82 Å². The van der Waals surface area contributed by atoms with Crippen LogP contribution in [0.3, 0.4) is 0 Å². The van der Waals surface area contributed by atoms with Crippen LogP contribution in [0.2, 0.25) is 0 Å². The van der Waals surface area contributed by atoms with E-state index in [1.165, 1.54) is 23.1 Å². The van der Waals surface area contributed by atoms with Crippen molar-refractivity contribution in [2.75, 3.05) is 7.05 Å². The summed E-state index contributed by atoms with van der Waals surface area (Å²) >= 11 is 0. The number of aliphatic hydroxyl groups is 1. The molecule has 0 spiro atoms. The second-order valence-corrected chi connectivity index (χ2v) is 4.99. The lowest BCUT2D eigenvalue weighted by atomic mass is 10.0. The van der Waals surface area contributed by atoms with Gasteiger partial charge in [-0.2, -0.15) is 0 Å².